The van der Waals surface area contributed by atoms with E-state index in [0.717, 1.165) is 22.8 Å². The van der Waals surface area contributed by atoms with Crippen LogP contribution in [0.15, 0.2) is 67.0 Å². The van der Waals surface area contributed by atoms with E-state index in [9.17, 15) is 4.79 Å². The van der Waals surface area contributed by atoms with E-state index in [2.05, 4.69) is 14.9 Å². The van der Waals surface area contributed by atoms with Crippen LogP contribution in [0.5, 0.6) is 5.75 Å². The molecule has 1 aliphatic heterocycles. The lowest BCUT2D eigenvalue weighted by Gasteiger charge is -2.28. The maximum absolute atomic E-state index is 12.3. The summed E-state index contributed by atoms with van der Waals surface area (Å²) in [6.07, 6.45) is 3.75. The van der Waals surface area contributed by atoms with Crippen LogP contribution < -0.4 is 10.1 Å². The average Bonchev–Trinajstić information content (AvgIpc) is 3.39. The zero-order chi connectivity index (χ0) is 21.8. The number of aromatic nitrogens is 2. The van der Waals surface area contributed by atoms with Crippen molar-refractivity contribution in [1.29, 1.82) is 0 Å². The standard InChI is InChI=1S/C23H24N4O3S/c1-3-30-20(28)15-27-22(21(25-23(27)31)18-7-4-5-13-24-18)19-8-6-14-26(19)16-9-11-17(29-2)12-10-16/h4-14,21-22H,3,15H2,1-2H3,(H,25,31)/t21-,22-/m1/s1. The first-order chi connectivity index (χ1) is 15.1. The Morgan fingerprint density at radius 3 is 2.65 bits per heavy atom. The SMILES string of the molecule is CCOC(=O)CN1C(=S)N[C@H](c2ccccn2)[C@H]1c1cccn1-c1ccc(OC)cc1. The number of pyridine rings is 1. The van der Waals surface area contributed by atoms with Crippen molar-refractivity contribution in [2.24, 2.45) is 0 Å². The van der Waals surface area contributed by atoms with Crippen molar-refractivity contribution in [2.75, 3.05) is 20.3 Å². The number of benzene rings is 1. The number of carbonyl (C=O) groups is 1. The summed E-state index contributed by atoms with van der Waals surface area (Å²) in [4.78, 5) is 18.8. The van der Waals surface area contributed by atoms with Gasteiger partial charge in [0.05, 0.1) is 31.5 Å². The van der Waals surface area contributed by atoms with Gasteiger partial charge in [0, 0.05) is 23.8 Å². The summed E-state index contributed by atoms with van der Waals surface area (Å²) in [5.41, 5.74) is 2.82. The largest absolute Gasteiger partial charge is 0.497 e. The molecule has 2 atom stereocenters. The molecule has 0 amide bonds. The van der Waals surface area contributed by atoms with Crippen molar-refractivity contribution in [3.63, 3.8) is 0 Å². The van der Waals surface area contributed by atoms with E-state index in [1.165, 1.54) is 0 Å². The van der Waals surface area contributed by atoms with E-state index >= 15 is 0 Å². The molecule has 4 rings (SSSR count). The maximum atomic E-state index is 12.3. The van der Waals surface area contributed by atoms with Gasteiger partial charge in [-0.25, -0.2) is 0 Å². The first kappa shape index (κ1) is 20.9. The summed E-state index contributed by atoms with van der Waals surface area (Å²) in [7, 11) is 1.64. The monoisotopic (exact) mass is 436 g/mol. The molecule has 8 heteroatoms. The van der Waals surface area contributed by atoms with Crippen LogP contribution in [-0.4, -0.2) is 45.8 Å². The summed E-state index contributed by atoms with van der Waals surface area (Å²) in [6, 6.07) is 17.2. The zero-order valence-electron chi connectivity index (χ0n) is 17.4. The van der Waals surface area contributed by atoms with Gasteiger partial charge in [0.1, 0.15) is 12.3 Å². The second-order valence-electron chi connectivity index (χ2n) is 7.06. The maximum Gasteiger partial charge on any atom is 0.325 e. The van der Waals surface area contributed by atoms with Crippen LogP contribution in [-0.2, 0) is 9.53 Å². The minimum Gasteiger partial charge on any atom is -0.497 e. The molecule has 1 aliphatic rings. The van der Waals surface area contributed by atoms with Crippen LogP contribution >= 0.6 is 12.2 Å². The summed E-state index contributed by atoms with van der Waals surface area (Å²) < 4.78 is 12.6. The van der Waals surface area contributed by atoms with Crippen LogP contribution in [0.4, 0.5) is 0 Å². The molecule has 0 saturated carbocycles. The first-order valence-electron chi connectivity index (χ1n) is 10.1. The van der Waals surface area contributed by atoms with E-state index in [1.54, 1.807) is 20.2 Å². The normalized spacial score (nSPS) is 18.0. The predicted molar refractivity (Wildman–Crippen MR) is 121 cm³/mol. The number of thiocarbonyl (C=S) groups is 1. The van der Waals surface area contributed by atoms with Gasteiger partial charge in [-0.1, -0.05) is 6.07 Å². The number of rotatable bonds is 7. The van der Waals surface area contributed by atoms with Crippen molar-refractivity contribution < 1.29 is 14.3 Å². The lowest BCUT2D eigenvalue weighted by atomic mass is 10.0. The Morgan fingerprint density at radius 2 is 1.97 bits per heavy atom. The molecule has 1 aromatic carbocycles. The summed E-state index contributed by atoms with van der Waals surface area (Å²) in [5.74, 6) is 0.470. The Balaban J connectivity index is 1.76. The topological polar surface area (TPSA) is 68.6 Å². The highest BCUT2D eigenvalue weighted by Crippen LogP contribution is 2.39. The molecule has 0 radical (unpaired) electrons. The molecule has 0 bridgehead atoms. The van der Waals surface area contributed by atoms with Crippen LogP contribution in [0.3, 0.4) is 0 Å². The van der Waals surface area contributed by atoms with Gasteiger partial charge >= 0.3 is 5.97 Å². The molecule has 7 nitrogen and oxygen atoms in total. The first-order valence-corrected chi connectivity index (χ1v) is 10.5. The van der Waals surface area contributed by atoms with Gasteiger partial charge in [0.25, 0.3) is 0 Å². The molecule has 160 valence electrons. The van der Waals surface area contributed by atoms with Gasteiger partial charge in [-0.05, 0) is 67.7 Å². The summed E-state index contributed by atoms with van der Waals surface area (Å²) in [6.45, 7) is 2.17. The van der Waals surface area contributed by atoms with Gasteiger partial charge in [0.2, 0.25) is 0 Å². The fourth-order valence-corrected chi connectivity index (χ4v) is 4.16. The quantitative estimate of drug-likeness (QED) is 0.450. The second kappa shape index (κ2) is 9.18. The molecular weight excluding hydrogens is 412 g/mol. The molecule has 2 aromatic heterocycles. The van der Waals surface area contributed by atoms with E-state index < -0.39 is 0 Å². The highest BCUT2D eigenvalue weighted by atomic mass is 32.1. The van der Waals surface area contributed by atoms with Gasteiger partial charge < -0.3 is 24.3 Å². The van der Waals surface area contributed by atoms with Gasteiger partial charge in [-0.3, -0.25) is 9.78 Å². The predicted octanol–water partition coefficient (Wildman–Crippen LogP) is 3.42. The Bertz CT molecular complexity index is 1050. The molecule has 1 fully saturated rings. The van der Waals surface area contributed by atoms with Crippen molar-refractivity contribution in [2.45, 2.75) is 19.0 Å². The number of carbonyl (C=O) groups excluding carboxylic acids is 1. The van der Waals surface area contributed by atoms with E-state index in [-0.39, 0.29) is 24.6 Å². The summed E-state index contributed by atoms with van der Waals surface area (Å²) in [5, 5.41) is 3.85. The molecule has 3 aromatic rings. The van der Waals surface area contributed by atoms with E-state index in [1.807, 2.05) is 65.7 Å². The third-order valence-corrected chi connectivity index (χ3v) is 5.59. The van der Waals surface area contributed by atoms with Crippen LogP contribution in [0.2, 0.25) is 0 Å². The second-order valence-corrected chi connectivity index (χ2v) is 7.45. The van der Waals surface area contributed by atoms with Crippen LogP contribution in [0.1, 0.15) is 30.4 Å². The number of ether oxygens (including phenoxy) is 2. The van der Waals surface area contributed by atoms with Crippen molar-refractivity contribution in [1.82, 2.24) is 19.8 Å². The Morgan fingerprint density at radius 1 is 1.16 bits per heavy atom. The van der Waals surface area contributed by atoms with Crippen molar-refractivity contribution >= 4 is 23.3 Å². The smallest absolute Gasteiger partial charge is 0.325 e. The number of methoxy groups -OCH3 is 1. The highest BCUT2D eigenvalue weighted by Gasteiger charge is 2.42. The highest BCUT2D eigenvalue weighted by molar-refractivity contribution is 7.80. The minimum atomic E-state index is -0.319. The Labute approximate surface area is 186 Å². The van der Waals surface area contributed by atoms with E-state index in [4.69, 9.17) is 21.7 Å². The number of nitrogens with zero attached hydrogens (tertiary/aromatic N) is 3. The van der Waals surface area contributed by atoms with Crippen LogP contribution in [0.25, 0.3) is 5.69 Å². The molecule has 3 heterocycles. The van der Waals surface area contributed by atoms with Gasteiger partial charge in [0.15, 0.2) is 5.11 Å². The zero-order valence-corrected chi connectivity index (χ0v) is 18.2. The Kier molecular flexibility index (Phi) is 6.18. The number of nitrogens with one attached hydrogen (secondary N) is 1. The third-order valence-electron chi connectivity index (χ3n) is 5.24. The molecule has 0 spiro atoms. The fourth-order valence-electron chi connectivity index (χ4n) is 3.86. The summed E-state index contributed by atoms with van der Waals surface area (Å²) >= 11 is 5.62. The van der Waals surface area contributed by atoms with Gasteiger partial charge in [-0.15, -0.1) is 0 Å². The average molecular weight is 437 g/mol. The van der Waals surface area contributed by atoms with Gasteiger partial charge in [-0.2, -0.15) is 0 Å². The molecule has 1 N–H and O–H groups in total. The fraction of sp³-hybridized carbons (Fsp3) is 0.261. The lowest BCUT2D eigenvalue weighted by molar-refractivity contribution is -0.143. The number of hydrogen-bond acceptors (Lipinski definition) is 5. The molecule has 1 saturated heterocycles. The van der Waals surface area contributed by atoms with Crippen LogP contribution in [0, 0.1) is 0 Å². The molecule has 0 aliphatic carbocycles. The minimum absolute atomic E-state index is 0.0570. The number of hydrogen-bond donors (Lipinski definition) is 1. The van der Waals surface area contributed by atoms with Crippen molar-refractivity contribution in [3.8, 4) is 11.4 Å². The molecule has 31 heavy (non-hydrogen) atoms. The van der Waals surface area contributed by atoms with Crippen molar-refractivity contribution in [3.05, 3.63) is 78.4 Å². The third kappa shape index (κ3) is 4.25. The molecular formula is C23H24N4O3S. The number of esters is 1. The van der Waals surface area contributed by atoms with E-state index in [0.29, 0.717) is 11.7 Å². The molecule has 0 unspecified atom stereocenters. The lowest BCUT2D eigenvalue weighted by Crippen LogP contribution is -2.36. The Hall–Kier alpha value is -3.39.